The maximum Gasteiger partial charge on any atom is 0.119 e. The van der Waals surface area contributed by atoms with E-state index in [1.54, 1.807) is 0 Å². The summed E-state index contributed by atoms with van der Waals surface area (Å²) >= 11 is 0. The molecule has 0 saturated carbocycles. The largest absolute Gasteiger partial charge is 0.494 e. The lowest BCUT2D eigenvalue weighted by Gasteiger charge is -2.20. The monoisotopic (exact) mass is 702 g/mol. The lowest BCUT2D eigenvalue weighted by atomic mass is 9.84. The fraction of sp³-hybridized carbons (Fsp3) is 0.373. The maximum absolute atomic E-state index is 5.48. The van der Waals surface area contributed by atoms with Crippen LogP contribution >= 0.6 is 0 Å². The van der Waals surface area contributed by atoms with Crippen molar-refractivity contribution in [2.24, 2.45) is 0 Å². The fourth-order valence-electron chi connectivity index (χ4n) is 6.99. The molecule has 0 aromatic heterocycles. The van der Waals surface area contributed by atoms with Gasteiger partial charge < -0.3 is 9.47 Å². The first-order chi connectivity index (χ1) is 26.1. The molecule has 4 aromatic carbocycles. The summed E-state index contributed by atoms with van der Waals surface area (Å²) in [6.07, 6.45) is 17.5. The number of hydrogen-bond acceptors (Lipinski definition) is 2. The molecule has 4 aromatic rings. The molecule has 2 atom stereocenters. The molecular weight excluding hydrogens is 645 g/mol. The maximum atomic E-state index is 5.48. The Bertz CT molecular complexity index is 1870. The number of hydrogen-bond donors (Lipinski definition) is 0. The van der Waals surface area contributed by atoms with Crippen molar-refractivity contribution in [1.29, 1.82) is 0 Å². The first kappa shape index (κ1) is 39.3. The molecule has 0 spiro atoms. The van der Waals surface area contributed by atoms with Gasteiger partial charge in [0, 0.05) is 11.1 Å². The molecule has 0 fully saturated rings. The fourth-order valence-corrected chi connectivity index (χ4v) is 6.99. The van der Waals surface area contributed by atoms with Crippen LogP contribution < -0.4 is 9.47 Å². The average molecular weight is 703 g/mol. The topological polar surface area (TPSA) is 18.5 Å². The van der Waals surface area contributed by atoms with Crippen molar-refractivity contribution in [3.05, 3.63) is 154 Å². The number of rotatable bonds is 11. The molecule has 0 bridgehead atoms. The van der Waals surface area contributed by atoms with Crippen LogP contribution in [0.1, 0.15) is 131 Å². The van der Waals surface area contributed by atoms with E-state index in [1.807, 2.05) is 62.4 Å². The highest BCUT2D eigenvalue weighted by Crippen LogP contribution is 2.33. The minimum absolute atomic E-state index is 0.640. The molecule has 2 aliphatic rings. The average Bonchev–Trinajstić information content (AvgIpc) is 3.21. The number of benzene rings is 4. The van der Waals surface area contributed by atoms with Crippen molar-refractivity contribution < 1.29 is 9.47 Å². The van der Waals surface area contributed by atoms with Gasteiger partial charge in [-0.1, -0.05) is 111 Å². The van der Waals surface area contributed by atoms with E-state index < -0.39 is 0 Å². The van der Waals surface area contributed by atoms with E-state index in [-0.39, 0.29) is 0 Å². The van der Waals surface area contributed by atoms with Gasteiger partial charge in [-0.15, -0.1) is 0 Å². The van der Waals surface area contributed by atoms with E-state index in [0.717, 1.165) is 48.3 Å². The van der Waals surface area contributed by atoms with Crippen LogP contribution in [-0.2, 0) is 12.8 Å². The number of aryl methyl sites for hydroxylation is 2. The van der Waals surface area contributed by atoms with E-state index in [1.165, 1.54) is 78.3 Å². The summed E-state index contributed by atoms with van der Waals surface area (Å²) in [5.41, 5.74) is 10.5. The van der Waals surface area contributed by atoms with Gasteiger partial charge in [0.05, 0.1) is 13.2 Å². The van der Waals surface area contributed by atoms with Crippen molar-refractivity contribution in [2.45, 2.75) is 110 Å². The number of unbranched alkanes of at least 4 members (excludes halogenated alkanes) is 1. The van der Waals surface area contributed by atoms with Gasteiger partial charge in [0.25, 0.3) is 0 Å². The van der Waals surface area contributed by atoms with Gasteiger partial charge in [-0.2, -0.15) is 0 Å². The molecule has 0 N–H and O–H groups in total. The van der Waals surface area contributed by atoms with Crippen LogP contribution in [0.4, 0.5) is 0 Å². The normalized spacial score (nSPS) is 16.3. The second-order valence-corrected chi connectivity index (χ2v) is 14.2. The Hall–Kier alpha value is -4.92. The van der Waals surface area contributed by atoms with Gasteiger partial charge >= 0.3 is 0 Å². The van der Waals surface area contributed by atoms with Gasteiger partial charge in [0.15, 0.2) is 0 Å². The van der Waals surface area contributed by atoms with E-state index in [0.29, 0.717) is 25.0 Å². The summed E-state index contributed by atoms with van der Waals surface area (Å²) in [5.74, 6) is 16.4. The first-order valence-corrected chi connectivity index (χ1v) is 20.1. The first-order valence-electron chi connectivity index (χ1n) is 20.1. The molecule has 2 aliphatic carbocycles. The van der Waals surface area contributed by atoms with Crippen LogP contribution in [0.15, 0.2) is 120 Å². The second-order valence-electron chi connectivity index (χ2n) is 14.2. The van der Waals surface area contributed by atoms with Gasteiger partial charge in [0.1, 0.15) is 11.5 Å². The summed E-state index contributed by atoms with van der Waals surface area (Å²) in [6, 6.07) is 34.6. The van der Waals surface area contributed by atoms with Crippen LogP contribution in [0.5, 0.6) is 11.5 Å². The lowest BCUT2D eigenvalue weighted by Crippen LogP contribution is -2.04. The molecule has 0 aliphatic heterocycles. The molecule has 6 rings (SSSR count). The molecule has 53 heavy (non-hydrogen) atoms. The summed E-state index contributed by atoms with van der Waals surface area (Å²) in [5, 5.41) is 0. The molecule has 0 heterocycles. The molecule has 0 amide bonds. The Morgan fingerprint density at radius 3 is 1.28 bits per heavy atom. The van der Waals surface area contributed by atoms with E-state index >= 15 is 0 Å². The summed E-state index contributed by atoms with van der Waals surface area (Å²) in [6.45, 7) is 9.86. The highest BCUT2D eigenvalue weighted by atomic mass is 16.5. The molecule has 0 saturated heterocycles. The van der Waals surface area contributed by atoms with Gasteiger partial charge in [-0.05, 0) is 165 Å². The third kappa shape index (κ3) is 12.9. The summed E-state index contributed by atoms with van der Waals surface area (Å²) < 4.78 is 10.9. The van der Waals surface area contributed by atoms with Crippen LogP contribution in [-0.4, -0.2) is 13.2 Å². The summed E-state index contributed by atoms with van der Waals surface area (Å²) in [4.78, 5) is 0. The third-order valence-electron chi connectivity index (χ3n) is 10.1. The van der Waals surface area contributed by atoms with Crippen LogP contribution in [0, 0.1) is 23.7 Å². The molecule has 0 radical (unpaired) electrons. The van der Waals surface area contributed by atoms with E-state index in [4.69, 9.17) is 9.47 Å². The Labute approximate surface area is 320 Å². The standard InChI is InChI=1S/C26H30O.C25H28O/c1-3-5-6-21-9-15-24(16-10-21)25-17-11-22(12-18-25)7-8-23-13-19-26(20-14-23)27-4-2;1-3-5-20-8-14-23(15-9-20)24-16-10-21(11-17-24)6-7-22-12-18-25(19-13-22)26-4-2/h9-11,13-16,19-20,25H,3-6,12,17-18H2,1-2H3;8-10,12-15,18-19,24H,3-5,11,16-17H2,1-2H3. The quantitative estimate of drug-likeness (QED) is 0.145. The zero-order valence-corrected chi connectivity index (χ0v) is 32.6. The van der Waals surface area contributed by atoms with Crippen molar-refractivity contribution in [3.63, 3.8) is 0 Å². The van der Waals surface area contributed by atoms with E-state index in [9.17, 15) is 0 Å². The van der Waals surface area contributed by atoms with Gasteiger partial charge in [-0.3, -0.25) is 0 Å². The SMILES string of the molecule is CCCCc1ccc(C2CC=C(C#Cc3ccc(OCC)cc3)CC2)cc1.CCCc1ccc(C2CC=C(C#Cc3ccc(OCC)cc3)CC2)cc1. The Kier molecular flexibility index (Phi) is 16.0. The van der Waals surface area contributed by atoms with Crippen molar-refractivity contribution >= 4 is 0 Å². The molecule has 274 valence electrons. The van der Waals surface area contributed by atoms with Crippen molar-refractivity contribution in [1.82, 2.24) is 0 Å². The number of allylic oxidation sites excluding steroid dienone is 4. The van der Waals surface area contributed by atoms with Crippen LogP contribution in [0.3, 0.4) is 0 Å². The number of ether oxygens (including phenoxy) is 2. The molecular formula is C51H58O2. The zero-order valence-electron chi connectivity index (χ0n) is 32.6. The Morgan fingerprint density at radius 1 is 0.491 bits per heavy atom. The predicted octanol–water partition coefficient (Wildman–Crippen LogP) is 13.0. The van der Waals surface area contributed by atoms with Crippen molar-refractivity contribution in [3.8, 4) is 35.2 Å². The van der Waals surface area contributed by atoms with Crippen molar-refractivity contribution in [2.75, 3.05) is 13.2 Å². The molecule has 2 unspecified atom stereocenters. The molecule has 2 nitrogen and oxygen atoms in total. The zero-order chi connectivity index (χ0) is 37.1. The minimum Gasteiger partial charge on any atom is -0.494 e. The van der Waals surface area contributed by atoms with Gasteiger partial charge in [-0.25, -0.2) is 0 Å². The Balaban J connectivity index is 0.000000204. The molecule has 2 heteroatoms. The van der Waals surface area contributed by atoms with E-state index in [2.05, 4.69) is 98.2 Å². The Morgan fingerprint density at radius 2 is 0.925 bits per heavy atom. The van der Waals surface area contributed by atoms with Crippen LogP contribution in [0.25, 0.3) is 0 Å². The van der Waals surface area contributed by atoms with Gasteiger partial charge in [0.2, 0.25) is 0 Å². The minimum atomic E-state index is 0.640. The summed E-state index contributed by atoms with van der Waals surface area (Å²) in [7, 11) is 0. The second kappa shape index (κ2) is 21.6. The van der Waals surface area contributed by atoms with Crippen LogP contribution in [0.2, 0.25) is 0 Å². The highest BCUT2D eigenvalue weighted by molar-refractivity contribution is 5.45. The smallest absolute Gasteiger partial charge is 0.119 e. The predicted molar refractivity (Wildman–Crippen MR) is 224 cm³/mol. The lowest BCUT2D eigenvalue weighted by molar-refractivity contribution is 0.340. The third-order valence-corrected chi connectivity index (χ3v) is 10.1. The highest BCUT2D eigenvalue weighted by Gasteiger charge is 2.16.